The molecular formula is C32H40ClN3O4S. The summed E-state index contributed by atoms with van der Waals surface area (Å²) in [5.74, 6) is -0.765. The lowest BCUT2D eigenvalue weighted by molar-refractivity contribution is -0.140. The number of sulfonamides is 1. The topological polar surface area (TPSA) is 86.8 Å². The fourth-order valence-corrected chi connectivity index (χ4v) is 6.05. The van der Waals surface area contributed by atoms with Crippen molar-refractivity contribution in [2.24, 2.45) is 0 Å². The van der Waals surface area contributed by atoms with E-state index in [0.717, 1.165) is 33.0 Å². The molecule has 2 atom stereocenters. The molecule has 0 bridgehead atoms. The highest BCUT2D eigenvalue weighted by Gasteiger charge is 2.34. The number of hydrogen-bond donors (Lipinski definition) is 1. The Morgan fingerprint density at radius 1 is 0.902 bits per heavy atom. The lowest BCUT2D eigenvalue weighted by atomic mass is 10.1. The number of carbonyl (C=O) groups excluding carboxylic acids is 2. The zero-order valence-electron chi connectivity index (χ0n) is 24.6. The monoisotopic (exact) mass is 597 g/mol. The summed E-state index contributed by atoms with van der Waals surface area (Å²) in [7, 11) is -4.16. The molecule has 0 saturated carbocycles. The van der Waals surface area contributed by atoms with E-state index in [1.807, 2.05) is 65.8 Å². The molecule has 9 heteroatoms. The fourth-order valence-electron chi connectivity index (χ4n) is 4.47. The van der Waals surface area contributed by atoms with Gasteiger partial charge >= 0.3 is 0 Å². The Hall–Kier alpha value is -3.36. The number of rotatable bonds is 12. The van der Waals surface area contributed by atoms with Crippen molar-refractivity contribution in [2.75, 3.05) is 10.8 Å². The van der Waals surface area contributed by atoms with Crippen LogP contribution in [0.4, 0.5) is 5.69 Å². The van der Waals surface area contributed by atoms with Crippen molar-refractivity contribution < 1.29 is 18.0 Å². The van der Waals surface area contributed by atoms with Gasteiger partial charge < -0.3 is 10.2 Å². The van der Waals surface area contributed by atoms with Crippen LogP contribution in [0.1, 0.15) is 55.9 Å². The number of benzene rings is 3. The maximum atomic E-state index is 14.2. The molecule has 0 aliphatic rings. The van der Waals surface area contributed by atoms with Gasteiger partial charge in [0.2, 0.25) is 11.8 Å². The molecule has 0 heterocycles. The minimum Gasteiger partial charge on any atom is -0.352 e. The molecule has 0 aromatic heterocycles. The van der Waals surface area contributed by atoms with Gasteiger partial charge in [0.1, 0.15) is 12.6 Å². The van der Waals surface area contributed by atoms with Gasteiger partial charge in [-0.1, -0.05) is 79.0 Å². The summed E-state index contributed by atoms with van der Waals surface area (Å²) >= 11 is 6.40. The first-order valence-electron chi connectivity index (χ1n) is 13.9. The van der Waals surface area contributed by atoms with E-state index in [1.54, 1.807) is 30.3 Å². The summed E-state index contributed by atoms with van der Waals surface area (Å²) in [6.45, 7) is 11.0. The SMILES string of the molecule is CCC(C)NC(=O)C(CC)N(Cc1cccc(C)c1)C(=O)CN(c1ccc(C)c(Cl)c1)S(=O)(=O)c1ccc(C)cc1. The second-order valence-corrected chi connectivity index (χ2v) is 12.8. The third-order valence-electron chi connectivity index (χ3n) is 7.15. The number of nitrogens with zero attached hydrogens (tertiary/aromatic N) is 2. The van der Waals surface area contributed by atoms with Gasteiger partial charge in [0.15, 0.2) is 0 Å². The van der Waals surface area contributed by atoms with Gasteiger partial charge in [0, 0.05) is 17.6 Å². The molecule has 1 N–H and O–H groups in total. The number of aryl methyl sites for hydroxylation is 3. The summed E-state index contributed by atoms with van der Waals surface area (Å²) in [5, 5.41) is 3.38. The second-order valence-electron chi connectivity index (χ2n) is 10.5. The molecule has 220 valence electrons. The number of halogens is 1. The number of amides is 2. The van der Waals surface area contributed by atoms with Crippen LogP contribution in [0.15, 0.2) is 71.6 Å². The van der Waals surface area contributed by atoms with Crippen LogP contribution >= 0.6 is 11.6 Å². The van der Waals surface area contributed by atoms with Gasteiger partial charge in [-0.15, -0.1) is 0 Å². The van der Waals surface area contributed by atoms with Crippen LogP contribution in [0.5, 0.6) is 0 Å². The van der Waals surface area contributed by atoms with Gasteiger partial charge in [-0.05, 0) is 75.9 Å². The van der Waals surface area contributed by atoms with Gasteiger partial charge in [-0.3, -0.25) is 13.9 Å². The first kappa shape index (κ1) is 32.2. The standard InChI is InChI=1S/C32H40ClN3O4S/c1-7-25(6)34-32(38)30(8-2)35(20-26-11-9-10-23(4)18-26)31(37)21-36(27-15-14-24(5)29(33)19-27)41(39,40)28-16-12-22(3)13-17-28/h9-19,25,30H,7-8,20-21H2,1-6H3,(H,34,38). The zero-order valence-corrected chi connectivity index (χ0v) is 26.2. The Balaban J connectivity index is 2.09. The molecule has 0 fully saturated rings. The summed E-state index contributed by atoms with van der Waals surface area (Å²) in [6, 6.07) is 18.2. The Morgan fingerprint density at radius 3 is 2.17 bits per heavy atom. The highest BCUT2D eigenvalue weighted by molar-refractivity contribution is 7.92. The normalized spacial score (nSPS) is 12.9. The van der Waals surface area contributed by atoms with E-state index in [9.17, 15) is 18.0 Å². The van der Waals surface area contributed by atoms with Gasteiger partial charge in [0.25, 0.3) is 10.0 Å². The summed E-state index contributed by atoms with van der Waals surface area (Å²) in [6.07, 6.45) is 1.10. The van der Waals surface area contributed by atoms with E-state index in [4.69, 9.17) is 11.6 Å². The van der Waals surface area contributed by atoms with Crippen LogP contribution in [-0.2, 0) is 26.2 Å². The van der Waals surface area contributed by atoms with Crippen molar-refractivity contribution in [1.29, 1.82) is 0 Å². The van der Waals surface area contributed by atoms with Crippen LogP contribution in [-0.4, -0.2) is 43.8 Å². The zero-order chi connectivity index (χ0) is 30.3. The molecule has 3 aromatic rings. The third-order valence-corrected chi connectivity index (χ3v) is 9.35. The minimum atomic E-state index is -4.16. The van der Waals surface area contributed by atoms with Gasteiger partial charge in [0.05, 0.1) is 10.6 Å². The van der Waals surface area contributed by atoms with Crippen LogP contribution < -0.4 is 9.62 Å². The van der Waals surface area contributed by atoms with Crippen molar-refractivity contribution in [3.63, 3.8) is 0 Å². The molecular weight excluding hydrogens is 558 g/mol. The molecule has 3 aromatic carbocycles. The first-order valence-corrected chi connectivity index (χ1v) is 15.7. The Kier molecular flexibility index (Phi) is 11.0. The average molecular weight is 598 g/mol. The molecule has 0 aliphatic carbocycles. The largest absolute Gasteiger partial charge is 0.352 e. The highest BCUT2D eigenvalue weighted by atomic mass is 35.5. The van der Waals surface area contributed by atoms with E-state index in [2.05, 4.69) is 5.32 Å². The van der Waals surface area contributed by atoms with E-state index in [1.165, 1.54) is 17.0 Å². The highest BCUT2D eigenvalue weighted by Crippen LogP contribution is 2.29. The number of carbonyl (C=O) groups is 2. The molecule has 0 aliphatic heterocycles. The van der Waals surface area contributed by atoms with E-state index in [0.29, 0.717) is 11.4 Å². The lowest BCUT2D eigenvalue weighted by Gasteiger charge is -2.34. The second kappa shape index (κ2) is 14.0. The van der Waals surface area contributed by atoms with Crippen LogP contribution in [0.3, 0.4) is 0 Å². The minimum absolute atomic E-state index is 0.0550. The predicted molar refractivity (Wildman–Crippen MR) is 166 cm³/mol. The van der Waals surface area contributed by atoms with Crippen LogP contribution in [0, 0.1) is 20.8 Å². The van der Waals surface area contributed by atoms with E-state index < -0.39 is 28.5 Å². The Morgan fingerprint density at radius 2 is 1.59 bits per heavy atom. The van der Waals surface area contributed by atoms with E-state index >= 15 is 0 Å². The molecule has 2 unspecified atom stereocenters. The number of hydrogen-bond acceptors (Lipinski definition) is 4. The average Bonchev–Trinajstić information content (AvgIpc) is 2.93. The predicted octanol–water partition coefficient (Wildman–Crippen LogP) is 6.18. The molecule has 3 rings (SSSR count). The Bertz CT molecular complexity index is 1470. The smallest absolute Gasteiger partial charge is 0.264 e. The van der Waals surface area contributed by atoms with Crippen molar-refractivity contribution in [3.05, 3.63) is 94.0 Å². The maximum absolute atomic E-state index is 14.2. The first-order chi connectivity index (χ1) is 19.4. The summed E-state index contributed by atoms with van der Waals surface area (Å²) in [5.41, 5.74) is 3.82. The van der Waals surface area contributed by atoms with Gasteiger partial charge in [-0.25, -0.2) is 8.42 Å². The van der Waals surface area contributed by atoms with Crippen molar-refractivity contribution in [3.8, 4) is 0 Å². The molecule has 41 heavy (non-hydrogen) atoms. The fraction of sp³-hybridized carbons (Fsp3) is 0.375. The van der Waals surface area contributed by atoms with Crippen molar-refractivity contribution in [2.45, 2.75) is 77.9 Å². The molecule has 0 radical (unpaired) electrons. The van der Waals surface area contributed by atoms with E-state index in [-0.39, 0.29) is 29.1 Å². The lowest BCUT2D eigenvalue weighted by Crippen LogP contribution is -2.53. The molecule has 0 saturated heterocycles. The maximum Gasteiger partial charge on any atom is 0.264 e. The number of nitrogens with one attached hydrogen (secondary N) is 1. The molecule has 0 spiro atoms. The Labute approximate surface area is 249 Å². The van der Waals surface area contributed by atoms with Gasteiger partial charge in [-0.2, -0.15) is 0 Å². The summed E-state index contributed by atoms with van der Waals surface area (Å²) in [4.78, 5) is 29.1. The van der Waals surface area contributed by atoms with Crippen LogP contribution in [0.25, 0.3) is 0 Å². The number of anilines is 1. The quantitative estimate of drug-likeness (QED) is 0.270. The van der Waals surface area contributed by atoms with Crippen LogP contribution in [0.2, 0.25) is 5.02 Å². The summed E-state index contributed by atoms with van der Waals surface area (Å²) < 4.78 is 29.1. The molecule has 2 amide bonds. The third kappa shape index (κ3) is 8.11. The van der Waals surface area contributed by atoms with Crippen molar-refractivity contribution in [1.82, 2.24) is 10.2 Å². The molecule has 7 nitrogen and oxygen atoms in total. The van der Waals surface area contributed by atoms with Crippen molar-refractivity contribution >= 4 is 39.1 Å².